The first kappa shape index (κ1) is 13.1. The maximum Gasteiger partial charge on any atom is 0.223 e. The van der Waals surface area contributed by atoms with E-state index >= 15 is 0 Å². The maximum absolute atomic E-state index is 12.1. The van der Waals surface area contributed by atoms with Gasteiger partial charge in [0, 0.05) is 25.6 Å². The van der Waals surface area contributed by atoms with Gasteiger partial charge in [0.15, 0.2) is 5.76 Å². The van der Waals surface area contributed by atoms with E-state index in [1.165, 1.54) is 0 Å². The molecule has 18 heavy (non-hydrogen) atoms. The summed E-state index contributed by atoms with van der Waals surface area (Å²) in [5.74, 6) is 0.945. The van der Waals surface area contributed by atoms with Gasteiger partial charge in [-0.2, -0.15) is 0 Å². The minimum atomic E-state index is 0.0489. The van der Waals surface area contributed by atoms with Gasteiger partial charge in [0.25, 0.3) is 0 Å². The second-order valence-corrected chi connectivity index (χ2v) is 4.80. The molecule has 1 atom stereocenters. The maximum atomic E-state index is 12.1. The van der Waals surface area contributed by atoms with Crippen molar-refractivity contribution in [2.24, 2.45) is 0 Å². The Morgan fingerprint density at radius 3 is 3.11 bits per heavy atom. The van der Waals surface area contributed by atoms with Crippen LogP contribution in [0.25, 0.3) is 0 Å². The lowest BCUT2D eigenvalue weighted by Gasteiger charge is -2.22. The molecule has 1 aliphatic heterocycles. The molecule has 2 heterocycles. The number of aliphatic hydroxyl groups excluding tert-OH is 1. The summed E-state index contributed by atoms with van der Waals surface area (Å²) in [6, 6.07) is 1.96. The standard InChI is InChI=1S/C13H20N2O3/c1-10-9-12(18-14-10)11-5-4-7-15(11)13(17)6-2-3-8-16/h9,11,16H,2-8H2,1H3. The molecule has 1 aromatic rings. The van der Waals surface area contributed by atoms with E-state index in [0.29, 0.717) is 12.8 Å². The molecule has 1 aromatic heterocycles. The number of aromatic nitrogens is 1. The van der Waals surface area contributed by atoms with Crippen molar-refractivity contribution in [1.82, 2.24) is 10.1 Å². The monoisotopic (exact) mass is 252 g/mol. The number of hydrogen-bond donors (Lipinski definition) is 1. The number of carbonyl (C=O) groups is 1. The van der Waals surface area contributed by atoms with Gasteiger partial charge in [0.05, 0.1) is 11.7 Å². The summed E-state index contributed by atoms with van der Waals surface area (Å²) in [6.45, 7) is 2.83. The van der Waals surface area contributed by atoms with Gasteiger partial charge in [-0.15, -0.1) is 0 Å². The van der Waals surface area contributed by atoms with E-state index in [1.54, 1.807) is 0 Å². The number of amides is 1. The van der Waals surface area contributed by atoms with Crippen LogP contribution in [-0.2, 0) is 4.79 Å². The summed E-state index contributed by atoms with van der Waals surface area (Å²) in [4.78, 5) is 14.0. The van der Waals surface area contributed by atoms with Crippen LogP contribution in [0.3, 0.4) is 0 Å². The third kappa shape index (κ3) is 2.90. The number of likely N-dealkylation sites (tertiary alicyclic amines) is 1. The summed E-state index contributed by atoms with van der Waals surface area (Å²) >= 11 is 0. The summed E-state index contributed by atoms with van der Waals surface area (Å²) in [7, 11) is 0. The first-order chi connectivity index (χ1) is 8.72. The Bertz CT molecular complexity index is 403. The van der Waals surface area contributed by atoms with Crippen LogP contribution in [0, 0.1) is 6.92 Å². The molecule has 5 heteroatoms. The molecule has 5 nitrogen and oxygen atoms in total. The number of carbonyl (C=O) groups excluding carboxylic acids is 1. The molecular weight excluding hydrogens is 232 g/mol. The molecule has 0 aliphatic carbocycles. The number of unbranched alkanes of at least 4 members (excludes halogenated alkanes) is 1. The lowest BCUT2D eigenvalue weighted by atomic mass is 10.1. The quantitative estimate of drug-likeness (QED) is 0.812. The van der Waals surface area contributed by atoms with Gasteiger partial charge in [0.1, 0.15) is 0 Å². The zero-order chi connectivity index (χ0) is 13.0. The van der Waals surface area contributed by atoms with Crippen LogP contribution in [-0.4, -0.2) is 34.2 Å². The van der Waals surface area contributed by atoms with E-state index in [9.17, 15) is 4.79 Å². The number of aryl methyl sites for hydroxylation is 1. The van der Waals surface area contributed by atoms with E-state index in [4.69, 9.17) is 9.63 Å². The van der Waals surface area contributed by atoms with Crippen molar-refractivity contribution in [2.45, 2.75) is 45.1 Å². The van der Waals surface area contributed by atoms with Crippen LogP contribution in [0.1, 0.15) is 49.6 Å². The van der Waals surface area contributed by atoms with E-state index < -0.39 is 0 Å². The SMILES string of the molecule is Cc1cc(C2CCCN2C(=O)CCCCO)on1. The van der Waals surface area contributed by atoms with Crippen molar-refractivity contribution in [2.75, 3.05) is 13.2 Å². The molecule has 1 N–H and O–H groups in total. The van der Waals surface area contributed by atoms with Crippen LogP contribution in [0.2, 0.25) is 0 Å². The summed E-state index contributed by atoms with van der Waals surface area (Å²) in [5, 5.41) is 12.6. The highest BCUT2D eigenvalue weighted by molar-refractivity contribution is 5.76. The van der Waals surface area contributed by atoms with Crippen LogP contribution in [0.15, 0.2) is 10.6 Å². The van der Waals surface area contributed by atoms with Gasteiger partial charge >= 0.3 is 0 Å². The highest BCUT2D eigenvalue weighted by Crippen LogP contribution is 2.32. The molecule has 0 bridgehead atoms. The van der Waals surface area contributed by atoms with E-state index in [0.717, 1.165) is 37.3 Å². The van der Waals surface area contributed by atoms with Crippen molar-refractivity contribution < 1.29 is 14.4 Å². The average Bonchev–Trinajstić information content (AvgIpc) is 2.97. The Morgan fingerprint density at radius 1 is 1.61 bits per heavy atom. The Morgan fingerprint density at radius 2 is 2.44 bits per heavy atom. The number of aliphatic hydroxyl groups is 1. The molecule has 0 radical (unpaired) electrons. The molecule has 100 valence electrons. The van der Waals surface area contributed by atoms with Gasteiger partial charge in [-0.05, 0) is 32.6 Å². The molecular formula is C13H20N2O3. The zero-order valence-electron chi connectivity index (χ0n) is 10.8. The fraction of sp³-hybridized carbons (Fsp3) is 0.692. The summed E-state index contributed by atoms with van der Waals surface area (Å²) in [5.41, 5.74) is 0.851. The van der Waals surface area contributed by atoms with Crippen molar-refractivity contribution in [3.8, 4) is 0 Å². The third-order valence-corrected chi connectivity index (χ3v) is 3.35. The van der Waals surface area contributed by atoms with Crippen molar-refractivity contribution >= 4 is 5.91 Å². The Hall–Kier alpha value is -1.36. The second kappa shape index (κ2) is 6.00. The van der Waals surface area contributed by atoms with Crippen LogP contribution in [0.5, 0.6) is 0 Å². The van der Waals surface area contributed by atoms with Gasteiger partial charge in [-0.25, -0.2) is 0 Å². The smallest absolute Gasteiger partial charge is 0.223 e. The number of nitrogens with zero attached hydrogens (tertiary/aromatic N) is 2. The Labute approximate surface area is 107 Å². The predicted molar refractivity (Wildman–Crippen MR) is 65.9 cm³/mol. The summed E-state index contributed by atoms with van der Waals surface area (Å²) in [6.07, 6.45) is 3.89. The van der Waals surface area contributed by atoms with Crippen LogP contribution < -0.4 is 0 Å². The number of rotatable bonds is 5. The minimum absolute atomic E-state index is 0.0489. The van der Waals surface area contributed by atoms with Crippen molar-refractivity contribution in [3.63, 3.8) is 0 Å². The van der Waals surface area contributed by atoms with Gasteiger partial charge in [-0.1, -0.05) is 5.16 Å². The Kier molecular flexibility index (Phi) is 4.36. The molecule has 1 aliphatic rings. The van der Waals surface area contributed by atoms with E-state index in [1.807, 2.05) is 17.9 Å². The normalized spacial score (nSPS) is 19.4. The van der Waals surface area contributed by atoms with Crippen LogP contribution >= 0.6 is 0 Å². The second-order valence-electron chi connectivity index (χ2n) is 4.80. The predicted octanol–water partition coefficient (Wildman–Crippen LogP) is 1.81. The average molecular weight is 252 g/mol. The van der Waals surface area contributed by atoms with Crippen LogP contribution in [0.4, 0.5) is 0 Å². The lowest BCUT2D eigenvalue weighted by molar-refractivity contribution is -0.132. The molecule has 1 amide bonds. The van der Waals surface area contributed by atoms with E-state index in [-0.39, 0.29) is 18.6 Å². The molecule has 0 aromatic carbocycles. The lowest BCUT2D eigenvalue weighted by Crippen LogP contribution is -2.30. The highest BCUT2D eigenvalue weighted by atomic mass is 16.5. The molecule has 0 spiro atoms. The highest BCUT2D eigenvalue weighted by Gasteiger charge is 2.32. The van der Waals surface area contributed by atoms with Gasteiger partial charge < -0.3 is 14.5 Å². The Balaban J connectivity index is 1.97. The van der Waals surface area contributed by atoms with Crippen molar-refractivity contribution in [1.29, 1.82) is 0 Å². The largest absolute Gasteiger partial charge is 0.396 e. The molecule has 1 unspecified atom stereocenters. The fourth-order valence-corrected chi connectivity index (χ4v) is 2.43. The topological polar surface area (TPSA) is 66.6 Å². The molecule has 0 saturated carbocycles. The molecule has 2 rings (SSSR count). The molecule has 1 saturated heterocycles. The van der Waals surface area contributed by atoms with Gasteiger partial charge in [-0.3, -0.25) is 4.79 Å². The molecule has 1 fully saturated rings. The zero-order valence-corrected chi connectivity index (χ0v) is 10.8. The summed E-state index contributed by atoms with van der Waals surface area (Å²) < 4.78 is 5.27. The van der Waals surface area contributed by atoms with Crippen molar-refractivity contribution in [3.05, 3.63) is 17.5 Å². The fourth-order valence-electron chi connectivity index (χ4n) is 2.43. The third-order valence-electron chi connectivity index (χ3n) is 3.35. The first-order valence-electron chi connectivity index (χ1n) is 6.56. The first-order valence-corrected chi connectivity index (χ1v) is 6.56. The van der Waals surface area contributed by atoms with Gasteiger partial charge in [0.2, 0.25) is 5.91 Å². The number of hydrogen-bond acceptors (Lipinski definition) is 4. The minimum Gasteiger partial charge on any atom is -0.396 e. The van der Waals surface area contributed by atoms with E-state index in [2.05, 4.69) is 5.16 Å².